The third kappa shape index (κ3) is 4.03. The zero-order chi connectivity index (χ0) is 15.2. The maximum absolute atomic E-state index is 12.2. The van der Waals surface area contributed by atoms with Gasteiger partial charge in [0.15, 0.2) is 11.5 Å². The molecule has 5 nitrogen and oxygen atoms in total. The van der Waals surface area contributed by atoms with Crippen LogP contribution in [0.5, 0.6) is 11.5 Å². The third-order valence-electron chi connectivity index (χ3n) is 3.84. The van der Waals surface area contributed by atoms with Gasteiger partial charge in [-0.25, -0.2) is 4.79 Å². The summed E-state index contributed by atoms with van der Waals surface area (Å²) in [6.45, 7) is 4.37. The van der Waals surface area contributed by atoms with E-state index in [1.807, 2.05) is 23.1 Å². The van der Waals surface area contributed by atoms with Gasteiger partial charge in [-0.1, -0.05) is 13.0 Å². The Morgan fingerprint density at radius 1 is 1.33 bits per heavy atom. The molecule has 0 saturated carbocycles. The Balaban J connectivity index is 1.91. The number of nitrogens with zero attached hydrogens (tertiary/aromatic N) is 1. The van der Waals surface area contributed by atoms with Crippen LogP contribution in [0.2, 0.25) is 0 Å². The van der Waals surface area contributed by atoms with Gasteiger partial charge in [0.2, 0.25) is 0 Å². The minimum atomic E-state index is 0.0105. The first-order valence-electron chi connectivity index (χ1n) is 7.37. The monoisotopic (exact) mass is 292 g/mol. The fraction of sp³-hybridized carbons (Fsp3) is 0.562. The number of rotatable bonds is 4. The highest BCUT2D eigenvalue weighted by Crippen LogP contribution is 2.27. The van der Waals surface area contributed by atoms with E-state index in [0.29, 0.717) is 24.0 Å². The first-order valence-corrected chi connectivity index (χ1v) is 7.37. The zero-order valence-electron chi connectivity index (χ0n) is 13.0. The number of hydrogen-bond acceptors (Lipinski definition) is 3. The molecule has 2 rings (SSSR count). The van der Waals surface area contributed by atoms with Gasteiger partial charge in [-0.3, -0.25) is 0 Å². The van der Waals surface area contributed by atoms with Gasteiger partial charge in [-0.05, 0) is 36.5 Å². The van der Waals surface area contributed by atoms with Crippen LogP contribution in [0.1, 0.15) is 25.3 Å². The number of likely N-dealkylation sites (tertiary alicyclic amines) is 1. The van der Waals surface area contributed by atoms with Crippen molar-refractivity contribution in [3.8, 4) is 11.5 Å². The number of amides is 2. The second-order valence-corrected chi connectivity index (χ2v) is 5.54. The van der Waals surface area contributed by atoms with E-state index in [1.165, 1.54) is 6.42 Å². The Kier molecular flexibility index (Phi) is 5.31. The Morgan fingerprint density at radius 2 is 2.10 bits per heavy atom. The van der Waals surface area contributed by atoms with E-state index < -0.39 is 0 Å². The highest BCUT2D eigenvalue weighted by Gasteiger charge is 2.20. The molecule has 0 spiro atoms. The molecule has 0 aromatic heterocycles. The summed E-state index contributed by atoms with van der Waals surface area (Å²) in [6, 6.07) is 5.68. The first kappa shape index (κ1) is 15.5. The molecule has 0 bridgehead atoms. The number of piperidine rings is 1. The second-order valence-electron chi connectivity index (χ2n) is 5.54. The van der Waals surface area contributed by atoms with Gasteiger partial charge in [-0.2, -0.15) is 0 Å². The average Bonchev–Trinajstić information content (AvgIpc) is 2.52. The van der Waals surface area contributed by atoms with Crippen molar-refractivity contribution in [2.24, 2.45) is 5.92 Å². The molecule has 0 radical (unpaired) electrons. The van der Waals surface area contributed by atoms with Crippen LogP contribution in [-0.4, -0.2) is 38.2 Å². The van der Waals surface area contributed by atoms with Crippen molar-refractivity contribution in [3.63, 3.8) is 0 Å². The van der Waals surface area contributed by atoms with Crippen molar-refractivity contribution in [2.75, 3.05) is 27.3 Å². The molecule has 1 aliphatic heterocycles. The lowest BCUT2D eigenvalue weighted by Gasteiger charge is -2.31. The quantitative estimate of drug-likeness (QED) is 0.928. The first-order chi connectivity index (χ1) is 10.1. The Hall–Kier alpha value is -1.91. The summed E-state index contributed by atoms with van der Waals surface area (Å²) in [4.78, 5) is 14.1. The molecular formula is C16H24N2O3. The van der Waals surface area contributed by atoms with Gasteiger partial charge < -0.3 is 19.7 Å². The average molecular weight is 292 g/mol. The number of methoxy groups -OCH3 is 2. The SMILES string of the molecule is COc1ccc(CNC(=O)N2CCCC(C)C2)cc1OC. The maximum atomic E-state index is 12.2. The molecule has 1 atom stereocenters. The Morgan fingerprint density at radius 3 is 2.76 bits per heavy atom. The fourth-order valence-electron chi connectivity index (χ4n) is 2.65. The minimum absolute atomic E-state index is 0.0105. The summed E-state index contributed by atoms with van der Waals surface area (Å²) < 4.78 is 10.5. The van der Waals surface area contributed by atoms with Gasteiger partial charge in [0.05, 0.1) is 14.2 Å². The predicted molar refractivity (Wildman–Crippen MR) is 81.8 cm³/mol. The maximum Gasteiger partial charge on any atom is 0.317 e. The molecule has 5 heteroatoms. The lowest BCUT2D eigenvalue weighted by molar-refractivity contribution is 0.169. The number of ether oxygens (including phenoxy) is 2. The molecule has 1 aliphatic rings. The molecule has 1 aromatic carbocycles. The number of carbonyl (C=O) groups excluding carboxylic acids is 1. The molecule has 2 amide bonds. The summed E-state index contributed by atoms with van der Waals surface area (Å²) in [5.74, 6) is 1.96. The predicted octanol–water partition coefficient (Wildman–Crippen LogP) is 2.65. The third-order valence-corrected chi connectivity index (χ3v) is 3.84. The number of urea groups is 1. The minimum Gasteiger partial charge on any atom is -0.493 e. The molecule has 1 heterocycles. The van der Waals surface area contributed by atoms with Crippen molar-refractivity contribution in [1.82, 2.24) is 10.2 Å². The van der Waals surface area contributed by atoms with Crippen LogP contribution in [0.4, 0.5) is 4.79 Å². The largest absolute Gasteiger partial charge is 0.493 e. The van der Waals surface area contributed by atoms with Crippen molar-refractivity contribution in [1.29, 1.82) is 0 Å². The summed E-state index contributed by atoms with van der Waals surface area (Å²) in [5, 5.41) is 2.97. The van der Waals surface area contributed by atoms with Crippen LogP contribution in [0.15, 0.2) is 18.2 Å². The van der Waals surface area contributed by atoms with Gasteiger partial charge in [0, 0.05) is 19.6 Å². The van der Waals surface area contributed by atoms with Crippen LogP contribution in [0.3, 0.4) is 0 Å². The summed E-state index contributed by atoms with van der Waals surface area (Å²) in [7, 11) is 3.21. The number of carbonyl (C=O) groups is 1. The Labute approximate surface area is 126 Å². The molecule has 0 aliphatic carbocycles. The molecular weight excluding hydrogens is 268 g/mol. The van der Waals surface area contributed by atoms with E-state index in [9.17, 15) is 4.79 Å². The topological polar surface area (TPSA) is 50.8 Å². The molecule has 1 saturated heterocycles. The van der Waals surface area contributed by atoms with Gasteiger partial charge >= 0.3 is 6.03 Å². The molecule has 1 unspecified atom stereocenters. The Bertz CT molecular complexity index is 490. The highest BCUT2D eigenvalue weighted by molar-refractivity contribution is 5.74. The lowest BCUT2D eigenvalue weighted by atomic mass is 10.0. The van der Waals surface area contributed by atoms with E-state index in [-0.39, 0.29) is 6.03 Å². The summed E-state index contributed by atoms with van der Waals surface area (Å²) >= 11 is 0. The highest BCUT2D eigenvalue weighted by atomic mass is 16.5. The van der Waals surface area contributed by atoms with E-state index in [1.54, 1.807) is 14.2 Å². The van der Waals surface area contributed by atoms with E-state index in [2.05, 4.69) is 12.2 Å². The summed E-state index contributed by atoms with van der Waals surface area (Å²) in [5.41, 5.74) is 0.992. The van der Waals surface area contributed by atoms with Crippen LogP contribution < -0.4 is 14.8 Å². The molecule has 116 valence electrons. The fourth-order valence-corrected chi connectivity index (χ4v) is 2.65. The van der Waals surface area contributed by atoms with Crippen LogP contribution >= 0.6 is 0 Å². The molecule has 1 fully saturated rings. The van der Waals surface area contributed by atoms with Crippen LogP contribution in [0, 0.1) is 5.92 Å². The van der Waals surface area contributed by atoms with E-state index in [4.69, 9.17) is 9.47 Å². The smallest absolute Gasteiger partial charge is 0.317 e. The van der Waals surface area contributed by atoms with E-state index in [0.717, 1.165) is 25.1 Å². The zero-order valence-corrected chi connectivity index (χ0v) is 13.0. The lowest BCUT2D eigenvalue weighted by Crippen LogP contribution is -2.44. The van der Waals surface area contributed by atoms with Crippen molar-refractivity contribution in [3.05, 3.63) is 23.8 Å². The van der Waals surface area contributed by atoms with Crippen LogP contribution in [-0.2, 0) is 6.54 Å². The van der Waals surface area contributed by atoms with Gasteiger partial charge in [-0.15, -0.1) is 0 Å². The second kappa shape index (κ2) is 7.20. The number of hydrogen-bond donors (Lipinski definition) is 1. The van der Waals surface area contributed by atoms with Crippen molar-refractivity contribution in [2.45, 2.75) is 26.3 Å². The van der Waals surface area contributed by atoms with E-state index >= 15 is 0 Å². The molecule has 21 heavy (non-hydrogen) atoms. The number of nitrogens with one attached hydrogen (secondary N) is 1. The van der Waals surface area contributed by atoms with Gasteiger partial charge in [0.25, 0.3) is 0 Å². The number of benzene rings is 1. The normalized spacial score (nSPS) is 18.2. The molecule has 1 N–H and O–H groups in total. The molecule has 1 aromatic rings. The summed E-state index contributed by atoms with van der Waals surface area (Å²) in [6.07, 6.45) is 2.30. The standard InChI is InChI=1S/C16H24N2O3/c1-12-5-4-8-18(11-12)16(19)17-10-13-6-7-14(20-2)15(9-13)21-3/h6-7,9,12H,4-5,8,10-11H2,1-3H3,(H,17,19). The van der Waals surface area contributed by atoms with Crippen molar-refractivity contribution >= 4 is 6.03 Å². The van der Waals surface area contributed by atoms with Crippen LogP contribution in [0.25, 0.3) is 0 Å². The van der Waals surface area contributed by atoms with Crippen molar-refractivity contribution < 1.29 is 14.3 Å². The van der Waals surface area contributed by atoms with Gasteiger partial charge in [0.1, 0.15) is 0 Å².